The van der Waals surface area contributed by atoms with E-state index in [1.807, 2.05) is 6.92 Å². The maximum atomic E-state index is 11.6. The number of aryl methyl sites for hydroxylation is 1. The number of anilines is 1. The second-order valence-corrected chi connectivity index (χ2v) is 6.58. The van der Waals surface area contributed by atoms with E-state index in [9.17, 15) is 9.59 Å². The molecule has 20 heavy (non-hydrogen) atoms. The van der Waals surface area contributed by atoms with E-state index in [0.29, 0.717) is 18.1 Å². The predicted molar refractivity (Wildman–Crippen MR) is 79.1 cm³/mol. The topological polar surface area (TPSA) is 80.3 Å². The summed E-state index contributed by atoms with van der Waals surface area (Å²) >= 11 is 1.39. The van der Waals surface area contributed by atoms with E-state index in [4.69, 9.17) is 4.74 Å². The second kappa shape index (κ2) is 6.69. The fourth-order valence-electron chi connectivity index (χ4n) is 1.46. The van der Waals surface area contributed by atoms with Crippen LogP contribution < -0.4 is 10.6 Å². The summed E-state index contributed by atoms with van der Waals surface area (Å²) in [5.41, 5.74) is 0.333. The average molecular weight is 299 g/mol. The summed E-state index contributed by atoms with van der Waals surface area (Å²) < 4.78 is 5.16. The van der Waals surface area contributed by atoms with Crippen molar-refractivity contribution in [2.75, 3.05) is 11.9 Å². The lowest BCUT2D eigenvalue weighted by molar-refractivity contribution is -0.118. The van der Waals surface area contributed by atoms with E-state index in [-0.39, 0.29) is 5.91 Å². The minimum Gasteiger partial charge on any atom is -0.444 e. The normalized spacial score (nSPS) is 11.1. The third-order valence-corrected chi connectivity index (χ3v) is 3.16. The number of aromatic nitrogens is 1. The fourth-order valence-corrected chi connectivity index (χ4v) is 2.31. The van der Waals surface area contributed by atoms with Crippen LogP contribution in [0.2, 0.25) is 0 Å². The highest BCUT2D eigenvalue weighted by atomic mass is 32.1. The minimum absolute atomic E-state index is 0.0648. The molecule has 2 amide bonds. The summed E-state index contributed by atoms with van der Waals surface area (Å²) in [4.78, 5) is 27.8. The molecule has 1 aromatic rings. The summed E-state index contributed by atoms with van der Waals surface area (Å²) in [6.07, 6.45) is 0.123. The van der Waals surface area contributed by atoms with Gasteiger partial charge in [0.25, 0.3) is 0 Å². The van der Waals surface area contributed by atoms with E-state index < -0.39 is 11.7 Å². The monoisotopic (exact) mass is 299 g/mol. The highest BCUT2D eigenvalue weighted by Crippen LogP contribution is 2.23. The molecule has 2 N–H and O–H groups in total. The molecule has 0 aromatic carbocycles. The molecule has 0 aliphatic carbocycles. The van der Waals surface area contributed by atoms with Crippen LogP contribution in [0, 0.1) is 6.92 Å². The summed E-state index contributed by atoms with van der Waals surface area (Å²) in [5.74, 6) is -0.0648. The van der Waals surface area contributed by atoms with Crippen LogP contribution in [0.15, 0.2) is 0 Å². The molecule has 0 saturated heterocycles. The molecule has 1 heterocycles. The van der Waals surface area contributed by atoms with Gasteiger partial charge in [-0.05, 0) is 27.7 Å². The Morgan fingerprint density at radius 1 is 1.35 bits per heavy atom. The van der Waals surface area contributed by atoms with Crippen molar-refractivity contribution in [2.24, 2.45) is 0 Å². The first kappa shape index (κ1) is 16.4. The molecule has 1 rings (SSSR count). The first-order valence-electron chi connectivity index (χ1n) is 6.38. The Balaban J connectivity index is 2.56. The van der Waals surface area contributed by atoms with E-state index >= 15 is 0 Å². The Morgan fingerprint density at radius 2 is 2.00 bits per heavy atom. The quantitative estimate of drug-likeness (QED) is 0.895. The molecule has 112 valence electrons. The van der Waals surface area contributed by atoms with Crippen molar-refractivity contribution in [3.05, 3.63) is 10.6 Å². The van der Waals surface area contributed by atoms with Gasteiger partial charge in [-0.15, -0.1) is 11.3 Å². The lowest BCUT2D eigenvalue weighted by Gasteiger charge is -2.18. The summed E-state index contributed by atoms with van der Waals surface area (Å²) in [6.45, 7) is 9.35. The number of hydrogen-bond donors (Lipinski definition) is 2. The molecule has 0 bridgehead atoms. The third-order valence-electron chi connectivity index (χ3n) is 2.24. The maximum Gasteiger partial charge on any atom is 0.413 e. The molecular formula is C13H21N3O3S. The fraction of sp³-hybridized carbons (Fsp3) is 0.615. The Bertz CT molecular complexity index is 492. The van der Waals surface area contributed by atoms with Crippen LogP contribution in [-0.4, -0.2) is 29.1 Å². The number of carbonyl (C=O) groups is 2. The Hall–Kier alpha value is -1.63. The van der Waals surface area contributed by atoms with Crippen molar-refractivity contribution < 1.29 is 14.3 Å². The molecule has 0 aliphatic rings. The lowest BCUT2D eigenvalue weighted by atomic mass is 10.2. The van der Waals surface area contributed by atoms with Crippen LogP contribution in [0.3, 0.4) is 0 Å². The highest BCUT2D eigenvalue weighted by Gasteiger charge is 2.18. The molecule has 0 aliphatic heterocycles. The average Bonchev–Trinajstić information content (AvgIpc) is 2.55. The van der Waals surface area contributed by atoms with Crippen molar-refractivity contribution in [1.82, 2.24) is 10.3 Å². The number of nitrogens with one attached hydrogen (secondary N) is 2. The second-order valence-electron chi connectivity index (χ2n) is 5.38. The maximum absolute atomic E-state index is 11.6. The summed E-state index contributed by atoms with van der Waals surface area (Å²) in [6, 6.07) is 0. The zero-order valence-corrected chi connectivity index (χ0v) is 13.3. The van der Waals surface area contributed by atoms with Gasteiger partial charge >= 0.3 is 6.09 Å². The smallest absolute Gasteiger partial charge is 0.413 e. The van der Waals surface area contributed by atoms with Gasteiger partial charge in [0.1, 0.15) is 5.60 Å². The van der Waals surface area contributed by atoms with Gasteiger partial charge in [0.2, 0.25) is 5.91 Å². The summed E-state index contributed by atoms with van der Waals surface area (Å²) in [5, 5.41) is 5.84. The first-order chi connectivity index (χ1) is 9.17. The number of amides is 2. The van der Waals surface area contributed by atoms with Gasteiger partial charge < -0.3 is 10.1 Å². The van der Waals surface area contributed by atoms with Gasteiger partial charge in [-0.3, -0.25) is 10.1 Å². The number of carbonyl (C=O) groups excluding carboxylic acids is 2. The van der Waals surface area contributed by atoms with Gasteiger partial charge in [0.15, 0.2) is 5.13 Å². The molecule has 0 unspecified atom stereocenters. The van der Waals surface area contributed by atoms with Crippen molar-refractivity contribution >= 4 is 28.5 Å². The standard InChI is InChI=1S/C13H21N3O3S/c1-8-10(6-7-14-9(2)17)15-11(20-8)16-12(18)19-13(3,4)5/h6-7H2,1-5H3,(H,14,17)(H,15,16,18). The van der Waals surface area contributed by atoms with Crippen LogP contribution in [0.5, 0.6) is 0 Å². The van der Waals surface area contributed by atoms with E-state index in [1.165, 1.54) is 18.3 Å². The van der Waals surface area contributed by atoms with Crippen molar-refractivity contribution in [2.45, 2.75) is 46.6 Å². The van der Waals surface area contributed by atoms with Crippen LogP contribution in [0.1, 0.15) is 38.3 Å². The number of thiazole rings is 1. The molecule has 0 fully saturated rings. The van der Waals surface area contributed by atoms with Crippen LogP contribution in [-0.2, 0) is 16.0 Å². The van der Waals surface area contributed by atoms with Gasteiger partial charge in [-0.2, -0.15) is 0 Å². The van der Waals surface area contributed by atoms with E-state index in [1.54, 1.807) is 20.8 Å². The molecule has 0 atom stereocenters. The zero-order chi connectivity index (χ0) is 15.3. The van der Waals surface area contributed by atoms with Gasteiger partial charge in [-0.1, -0.05) is 0 Å². The van der Waals surface area contributed by atoms with Crippen molar-refractivity contribution in [1.29, 1.82) is 0 Å². The predicted octanol–water partition coefficient (Wildman–Crippen LogP) is 2.48. The van der Waals surface area contributed by atoms with Crippen molar-refractivity contribution in [3.8, 4) is 0 Å². The number of hydrogen-bond acceptors (Lipinski definition) is 5. The van der Waals surface area contributed by atoms with Crippen LogP contribution in [0.4, 0.5) is 9.93 Å². The summed E-state index contributed by atoms with van der Waals surface area (Å²) in [7, 11) is 0. The Kier molecular flexibility index (Phi) is 5.50. The number of rotatable bonds is 4. The third kappa shape index (κ3) is 6.01. The Labute approximate surface area is 122 Å². The Morgan fingerprint density at radius 3 is 2.55 bits per heavy atom. The SMILES string of the molecule is CC(=O)NCCc1nc(NC(=O)OC(C)(C)C)sc1C. The highest BCUT2D eigenvalue weighted by molar-refractivity contribution is 7.15. The van der Waals surface area contributed by atoms with Crippen LogP contribution in [0.25, 0.3) is 0 Å². The number of nitrogens with zero attached hydrogens (tertiary/aromatic N) is 1. The van der Waals surface area contributed by atoms with Gasteiger partial charge in [-0.25, -0.2) is 9.78 Å². The molecule has 7 heteroatoms. The molecular weight excluding hydrogens is 278 g/mol. The molecule has 0 saturated carbocycles. The zero-order valence-electron chi connectivity index (χ0n) is 12.5. The molecule has 0 radical (unpaired) electrons. The van der Waals surface area contributed by atoms with E-state index in [0.717, 1.165) is 10.6 Å². The largest absolute Gasteiger partial charge is 0.444 e. The van der Waals surface area contributed by atoms with Gasteiger partial charge in [0.05, 0.1) is 5.69 Å². The lowest BCUT2D eigenvalue weighted by Crippen LogP contribution is -2.27. The first-order valence-corrected chi connectivity index (χ1v) is 7.20. The van der Waals surface area contributed by atoms with E-state index in [2.05, 4.69) is 15.6 Å². The molecule has 0 spiro atoms. The van der Waals surface area contributed by atoms with Gasteiger partial charge in [0, 0.05) is 24.8 Å². The van der Waals surface area contributed by atoms with Crippen molar-refractivity contribution in [3.63, 3.8) is 0 Å². The molecule has 1 aromatic heterocycles. The van der Waals surface area contributed by atoms with Crippen LogP contribution >= 0.6 is 11.3 Å². The number of ether oxygens (including phenoxy) is 1. The minimum atomic E-state index is -0.537. The molecule has 6 nitrogen and oxygen atoms in total.